The first-order chi connectivity index (χ1) is 13.4. The monoisotopic (exact) mass is 412 g/mol. The number of nitrogens with zero attached hydrogens (tertiary/aromatic N) is 5. The van der Waals surface area contributed by atoms with Gasteiger partial charge in [0.1, 0.15) is 12.1 Å². The van der Waals surface area contributed by atoms with Gasteiger partial charge in [0, 0.05) is 20.2 Å². The Morgan fingerprint density at radius 2 is 2.18 bits per heavy atom. The fourth-order valence-corrected chi connectivity index (χ4v) is 3.17. The number of H-pyrrole nitrogens is 1. The molecule has 0 radical (unpaired) electrons. The van der Waals surface area contributed by atoms with Crippen molar-refractivity contribution in [1.82, 2.24) is 24.4 Å². The van der Waals surface area contributed by atoms with Crippen LogP contribution in [-0.4, -0.2) is 56.3 Å². The molecule has 0 aliphatic rings. The number of aromatic nitrogens is 5. The molecule has 0 aromatic carbocycles. The third-order valence-electron chi connectivity index (χ3n) is 3.90. The van der Waals surface area contributed by atoms with Gasteiger partial charge in [-0.15, -0.1) is 10.2 Å². The molecule has 5 N–H and O–H groups in total. The van der Waals surface area contributed by atoms with Gasteiger partial charge < -0.3 is 21.2 Å². The number of hydrogen-bond acceptors (Lipinski definition) is 9. The van der Waals surface area contributed by atoms with Crippen molar-refractivity contribution in [2.45, 2.75) is 31.5 Å². The van der Waals surface area contributed by atoms with Crippen LogP contribution in [0.2, 0.25) is 0 Å². The third kappa shape index (κ3) is 4.92. The van der Waals surface area contributed by atoms with Crippen LogP contribution in [-0.2, 0) is 16.1 Å². The summed E-state index contributed by atoms with van der Waals surface area (Å²) in [5.74, 6) is 5.10. The molecule has 0 unspecified atom stereocenters. The van der Waals surface area contributed by atoms with Gasteiger partial charge in [-0.2, -0.15) is 0 Å². The van der Waals surface area contributed by atoms with Crippen LogP contribution in [0.4, 0.5) is 11.5 Å². The summed E-state index contributed by atoms with van der Waals surface area (Å²) in [5.41, 5.74) is 4.69. The molecule has 0 aliphatic heterocycles. The van der Waals surface area contributed by atoms with Gasteiger partial charge in [0.15, 0.2) is 5.69 Å². The minimum atomic E-state index is -0.730. The van der Waals surface area contributed by atoms with Gasteiger partial charge in [-0.05, 0) is 6.42 Å². The molecular weight excluding hydrogens is 388 g/mol. The molecule has 2 aromatic heterocycles. The summed E-state index contributed by atoms with van der Waals surface area (Å²) in [6.45, 7) is 2.57. The van der Waals surface area contributed by atoms with Crippen LogP contribution < -0.4 is 27.7 Å². The highest BCUT2D eigenvalue weighted by molar-refractivity contribution is 7.99. The molecule has 0 bridgehead atoms. The molecule has 0 saturated heterocycles. The van der Waals surface area contributed by atoms with Crippen molar-refractivity contribution >= 4 is 29.2 Å². The molecule has 0 fully saturated rings. The van der Waals surface area contributed by atoms with Gasteiger partial charge in [0.2, 0.25) is 11.1 Å². The maximum atomic E-state index is 12.8. The lowest BCUT2D eigenvalue weighted by Gasteiger charge is -2.24. The molecule has 2 aromatic rings. The zero-order chi connectivity index (χ0) is 20.7. The number of nitrogens with two attached hydrogens (primary N) is 2. The maximum Gasteiger partial charge on any atom is 0.330 e. The number of ether oxygens (including phenoxy) is 1. The number of rotatable bonds is 10. The lowest BCUT2D eigenvalue weighted by atomic mass is 10.3. The molecule has 2 rings (SSSR count). The SMILES string of the molecule is CCCCn1c(N)c(N(CCOC)C(=O)CSc2nncn2N)c(=O)[nH]c1=O. The predicted molar refractivity (Wildman–Crippen MR) is 106 cm³/mol. The second-order valence-corrected chi connectivity index (χ2v) is 6.79. The van der Waals surface area contributed by atoms with Crippen LogP contribution in [0.1, 0.15) is 19.8 Å². The quantitative estimate of drug-likeness (QED) is 0.327. The van der Waals surface area contributed by atoms with Crippen molar-refractivity contribution in [2.24, 2.45) is 0 Å². The Bertz CT molecular complexity index is 921. The summed E-state index contributed by atoms with van der Waals surface area (Å²) < 4.78 is 7.49. The number of nitrogen functional groups attached to an aromatic ring is 2. The lowest BCUT2D eigenvalue weighted by molar-refractivity contribution is -0.116. The topological polar surface area (TPSA) is 167 Å². The molecular formula is C15H24N8O4S. The number of thioether (sulfide) groups is 1. The van der Waals surface area contributed by atoms with E-state index >= 15 is 0 Å². The number of methoxy groups -OCH3 is 1. The summed E-state index contributed by atoms with van der Waals surface area (Å²) >= 11 is 1.06. The standard InChI is InChI=1S/C15H24N8O4S/c1-3-4-5-22-12(16)11(13(25)19-14(22)26)21(6-7-27-2)10(24)8-28-15-20-18-9-23(15)17/h9H,3-8,16-17H2,1-2H3,(H,19,25,26). The average molecular weight is 412 g/mol. The predicted octanol–water partition coefficient (Wildman–Crippen LogP) is -1.00. The number of carbonyl (C=O) groups is 1. The smallest absolute Gasteiger partial charge is 0.330 e. The summed E-state index contributed by atoms with van der Waals surface area (Å²) in [4.78, 5) is 40.8. The minimum absolute atomic E-state index is 0.0568. The van der Waals surface area contributed by atoms with Crippen LogP contribution in [0, 0.1) is 0 Å². The van der Waals surface area contributed by atoms with Gasteiger partial charge in [0.25, 0.3) is 5.56 Å². The van der Waals surface area contributed by atoms with E-state index in [0.717, 1.165) is 18.2 Å². The van der Waals surface area contributed by atoms with Gasteiger partial charge in [-0.3, -0.25) is 19.1 Å². The zero-order valence-electron chi connectivity index (χ0n) is 15.8. The van der Waals surface area contributed by atoms with Gasteiger partial charge in [0.05, 0.1) is 12.4 Å². The van der Waals surface area contributed by atoms with E-state index in [1.54, 1.807) is 0 Å². The molecule has 0 saturated carbocycles. The van der Waals surface area contributed by atoms with E-state index in [2.05, 4.69) is 15.2 Å². The van der Waals surface area contributed by atoms with Crippen molar-refractivity contribution in [3.05, 3.63) is 27.2 Å². The van der Waals surface area contributed by atoms with E-state index in [9.17, 15) is 14.4 Å². The largest absolute Gasteiger partial charge is 0.383 e. The summed E-state index contributed by atoms with van der Waals surface area (Å²) in [7, 11) is 1.48. The van der Waals surface area contributed by atoms with E-state index in [1.165, 1.54) is 27.6 Å². The summed E-state index contributed by atoms with van der Waals surface area (Å²) in [5, 5.41) is 7.78. The second-order valence-electron chi connectivity index (χ2n) is 5.85. The number of aromatic amines is 1. The van der Waals surface area contributed by atoms with Crippen molar-refractivity contribution in [3.8, 4) is 0 Å². The van der Waals surface area contributed by atoms with Crippen molar-refractivity contribution < 1.29 is 9.53 Å². The molecule has 1 amide bonds. The number of carbonyl (C=O) groups excluding carboxylic acids is 1. The number of hydrogen-bond donors (Lipinski definition) is 3. The first kappa shape index (κ1) is 21.5. The average Bonchev–Trinajstić information content (AvgIpc) is 3.07. The van der Waals surface area contributed by atoms with E-state index in [0.29, 0.717) is 18.1 Å². The van der Waals surface area contributed by atoms with Crippen LogP contribution in [0.15, 0.2) is 21.1 Å². The molecule has 2 heterocycles. The number of nitrogens with one attached hydrogen (secondary N) is 1. The Kier molecular flexibility index (Phi) is 7.63. The van der Waals surface area contributed by atoms with Gasteiger partial charge >= 0.3 is 5.69 Å². The highest BCUT2D eigenvalue weighted by atomic mass is 32.2. The summed E-state index contributed by atoms with van der Waals surface area (Å²) in [6, 6.07) is 0. The fourth-order valence-electron chi connectivity index (χ4n) is 2.46. The van der Waals surface area contributed by atoms with Crippen molar-refractivity contribution in [3.63, 3.8) is 0 Å². The number of amides is 1. The van der Waals surface area contributed by atoms with E-state index < -0.39 is 17.2 Å². The molecule has 0 aliphatic carbocycles. The first-order valence-electron chi connectivity index (χ1n) is 8.60. The maximum absolute atomic E-state index is 12.8. The number of anilines is 2. The highest BCUT2D eigenvalue weighted by Gasteiger charge is 2.24. The molecule has 0 spiro atoms. The lowest BCUT2D eigenvalue weighted by Crippen LogP contribution is -2.43. The Labute approximate surface area is 164 Å². The normalized spacial score (nSPS) is 10.9. The van der Waals surface area contributed by atoms with E-state index in [-0.39, 0.29) is 30.4 Å². The molecule has 28 heavy (non-hydrogen) atoms. The Hall–Kier alpha value is -2.80. The third-order valence-corrected chi connectivity index (χ3v) is 4.85. The fraction of sp³-hybridized carbons (Fsp3) is 0.533. The Balaban J connectivity index is 2.35. The van der Waals surface area contributed by atoms with Crippen molar-refractivity contribution in [1.29, 1.82) is 0 Å². The number of unbranched alkanes of at least 4 members (excludes halogenated alkanes) is 1. The zero-order valence-corrected chi connectivity index (χ0v) is 16.6. The van der Waals surface area contributed by atoms with Crippen LogP contribution in [0.5, 0.6) is 0 Å². The van der Waals surface area contributed by atoms with Crippen LogP contribution >= 0.6 is 11.8 Å². The second kappa shape index (κ2) is 9.94. The van der Waals surface area contributed by atoms with Gasteiger partial charge in [-0.25, -0.2) is 9.47 Å². The van der Waals surface area contributed by atoms with E-state index in [4.69, 9.17) is 16.3 Å². The summed E-state index contributed by atoms with van der Waals surface area (Å²) in [6.07, 6.45) is 2.84. The minimum Gasteiger partial charge on any atom is -0.383 e. The molecule has 13 heteroatoms. The van der Waals surface area contributed by atoms with Crippen molar-refractivity contribution in [2.75, 3.05) is 42.5 Å². The highest BCUT2D eigenvalue weighted by Crippen LogP contribution is 2.20. The molecule has 12 nitrogen and oxygen atoms in total. The molecule has 0 atom stereocenters. The Morgan fingerprint density at radius 3 is 2.79 bits per heavy atom. The first-order valence-corrected chi connectivity index (χ1v) is 9.59. The van der Waals surface area contributed by atoms with Crippen LogP contribution in [0.25, 0.3) is 0 Å². The van der Waals surface area contributed by atoms with Gasteiger partial charge in [-0.1, -0.05) is 25.1 Å². The molecule has 154 valence electrons. The Morgan fingerprint density at radius 1 is 1.43 bits per heavy atom. The van der Waals surface area contributed by atoms with Crippen LogP contribution in [0.3, 0.4) is 0 Å². The van der Waals surface area contributed by atoms with E-state index in [1.807, 2.05) is 6.92 Å².